The molecule has 0 saturated carbocycles. The van der Waals surface area contributed by atoms with Crippen LogP contribution < -0.4 is 5.32 Å². The monoisotopic (exact) mass is 1410 g/mol. The van der Waals surface area contributed by atoms with E-state index in [0.717, 1.165) is 83.5 Å². The van der Waals surface area contributed by atoms with Gasteiger partial charge < -0.3 is 89.9 Å². The summed E-state index contributed by atoms with van der Waals surface area (Å²) in [4.78, 5) is 13.4. The molecule has 0 spiro atoms. The first-order valence-corrected chi connectivity index (χ1v) is 38.8. The number of aliphatic hydroxyl groups excluding tert-OH is 11. The van der Waals surface area contributed by atoms with Gasteiger partial charge in [0.2, 0.25) is 5.91 Å². The summed E-state index contributed by atoms with van der Waals surface area (Å²) in [6.07, 6.45) is 57.5. The van der Waals surface area contributed by atoms with Crippen LogP contribution in [0.25, 0.3) is 0 Å². The van der Waals surface area contributed by atoms with Gasteiger partial charge in [0.25, 0.3) is 0 Å². The van der Waals surface area contributed by atoms with Crippen molar-refractivity contribution in [2.75, 3.05) is 26.4 Å². The van der Waals surface area contributed by atoms with Crippen LogP contribution in [-0.4, -0.2) is 193 Å². The molecule has 3 fully saturated rings. The minimum Gasteiger partial charge on any atom is -0.394 e. The molecule has 17 unspecified atom stereocenters. The van der Waals surface area contributed by atoms with Gasteiger partial charge in [-0.05, 0) is 96.3 Å². The number of carbonyl (C=O) groups is 1. The van der Waals surface area contributed by atoms with E-state index in [2.05, 4.69) is 129 Å². The maximum absolute atomic E-state index is 13.4. The summed E-state index contributed by atoms with van der Waals surface area (Å²) >= 11 is 0. The van der Waals surface area contributed by atoms with Crippen LogP contribution in [0.3, 0.4) is 0 Å². The highest BCUT2D eigenvalue weighted by atomic mass is 16.8. The molecule has 0 aromatic rings. The molecule has 3 aliphatic heterocycles. The summed E-state index contributed by atoms with van der Waals surface area (Å²) in [5, 5.41) is 121. The van der Waals surface area contributed by atoms with Crippen LogP contribution in [0.5, 0.6) is 0 Å². The number of carbonyl (C=O) groups excluding carboxylic acids is 1. The SMILES string of the molecule is CC/C=C\C/C=C\C/C=C\C/C=C\C/C=C\C/C=C\C/C=C\C/C=C\CCCCC(=O)NC(COC1OC(CO)C(OC2OC(CO)C(OC3OC(CO)C(O)C(O)C3O)C(O)C2O)C(O)C1O)C(O)/C=C/CC/C=C/CCCCCCCCCCCCCCCCCCCCCCCC. The zero-order valence-corrected chi connectivity index (χ0v) is 61.1. The highest BCUT2D eigenvalue weighted by Gasteiger charge is 2.53. The van der Waals surface area contributed by atoms with Crippen molar-refractivity contribution in [2.24, 2.45) is 0 Å². The third-order valence-corrected chi connectivity index (χ3v) is 18.5. The first kappa shape index (κ1) is 90.4. The molecule has 0 bridgehead atoms. The fourth-order valence-corrected chi connectivity index (χ4v) is 12.3. The average Bonchev–Trinajstić information content (AvgIpc) is 0.783. The first-order valence-electron chi connectivity index (χ1n) is 38.8. The third-order valence-electron chi connectivity index (χ3n) is 18.5. The van der Waals surface area contributed by atoms with Crippen molar-refractivity contribution in [3.63, 3.8) is 0 Å². The lowest BCUT2D eigenvalue weighted by Gasteiger charge is -2.48. The standard InChI is InChI=1S/C81H137NO18/c1-3-5-7-9-11-13-15-17-19-21-23-25-27-29-31-33-34-36-38-40-42-44-46-48-50-52-54-56-58-65(86)64(82-69(87)59-57-55-53-51-49-47-45-43-41-39-37-35-32-30-28-26-24-22-20-18-16-14-12-10-8-6-4-2)63-95-79-75(93)72(90)77(67(61-84)97-79)100-81-76(94)73(91)78(68(62-85)98-81)99-80-74(92)71(89)70(88)66(60-83)96-80/h6,8,12,14,18,20,24,26,30,32,37,39,43,45,48-51,56,58,64-68,70-81,83-86,88-94H,3-5,7,9-11,13,15-17,19,21-23,25,27-29,31,33-36,38,40-42,44,46-47,52-55,57,59-63H2,1-2H3,(H,82,87)/b8-6-,14-12-,20-18-,26-24-,32-30-,39-37-,45-43-,50-48+,51-49-,58-56+. The number of hydrogen-bond acceptors (Lipinski definition) is 18. The molecule has 12 N–H and O–H groups in total. The van der Waals surface area contributed by atoms with E-state index in [1.54, 1.807) is 6.08 Å². The van der Waals surface area contributed by atoms with Crippen LogP contribution >= 0.6 is 0 Å². The number of rotatable bonds is 59. The van der Waals surface area contributed by atoms with E-state index >= 15 is 0 Å². The van der Waals surface area contributed by atoms with Crippen molar-refractivity contribution in [1.82, 2.24) is 5.32 Å². The third kappa shape index (κ3) is 40.5. The van der Waals surface area contributed by atoms with Gasteiger partial charge in [0.05, 0.1) is 38.6 Å². The number of nitrogens with one attached hydrogen (secondary N) is 1. The summed E-state index contributed by atoms with van der Waals surface area (Å²) in [6, 6.07) is -1.02. The van der Waals surface area contributed by atoms with Crippen molar-refractivity contribution in [1.29, 1.82) is 0 Å². The molecule has 17 atom stereocenters. The van der Waals surface area contributed by atoms with Crippen LogP contribution in [0.4, 0.5) is 0 Å². The zero-order valence-electron chi connectivity index (χ0n) is 61.1. The molecule has 574 valence electrons. The Labute approximate surface area is 601 Å². The Kier molecular flexibility index (Phi) is 54.7. The normalized spacial score (nSPS) is 27.1. The minimum atomic E-state index is -1.99. The van der Waals surface area contributed by atoms with Gasteiger partial charge >= 0.3 is 0 Å². The van der Waals surface area contributed by atoms with E-state index in [0.29, 0.717) is 12.8 Å². The Balaban J connectivity index is 1.43. The highest BCUT2D eigenvalue weighted by Crippen LogP contribution is 2.33. The van der Waals surface area contributed by atoms with Crippen molar-refractivity contribution < 1.29 is 89.4 Å². The molecule has 3 heterocycles. The van der Waals surface area contributed by atoms with Crippen molar-refractivity contribution in [3.05, 3.63) is 122 Å². The topological polar surface area (TPSA) is 307 Å². The second-order valence-electron chi connectivity index (χ2n) is 27.1. The summed E-state index contributed by atoms with van der Waals surface area (Å²) in [7, 11) is 0. The second kappa shape index (κ2) is 60.5. The van der Waals surface area contributed by atoms with E-state index < -0.39 is 131 Å². The van der Waals surface area contributed by atoms with E-state index in [1.165, 1.54) is 135 Å². The maximum atomic E-state index is 13.4. The van der Waals surface area contributed by atoms with Crippen molar-refractivity contribution in [3.8, 4) is 0 Å². The fraction of sp³-hybridized carbons (Fsp3) is 0.741. The van der Waals surface area contributed by atoms with E-state index in [-0.39, 0.29) is 12.3 Å². The second-order valence-corrected chi connectivity index (χ2v) is 27.1. The molecular formula is C81H137NO18. The van der Waals surface area contributed by atoms with Gasteiger partial charge in [0, 0.05) is 6.42 Å². The fourth-order valence-electron chi connectivity index (χ4n) is 12.3. The van der Waals surface area contributed by atoms with Gasteiger partial charge in [-0.25, -0.2) is 0 Å². The van der Waals surface area contributed by atoms with Gasteiger partial charge in [0.1, 0.15) is 73.2 Å². The number of aliphatic hydroxyl groups is 11. The molecule has 0 aromatic heterocycles. The van der Waals surface area contributed by atoms with Crippen LogP contribution in [0.2, 0.25) is 0 Å². The average molecular weight is 1410 g/mol. The molecule has 0 radical (unpaired) electrons. The van der Waals surface area contributed by atoms with E-state index in [9.17, 15) is 61.0 Å². The number of ether oxygens (including phenoxy) is 6. The lowest BCUT2D eigenvalue weighted by Crippen LogP contribution is -2.66. The van der Waals surface area contributed by atoms with Crippen LogP contribution in [0, 0.1) is 0 Å². The van der Waals surface area contributed by atoms with Crippen LogP contribution in [0.15, 0.2) is 122 Å². The smallest absolute Gasteiger partial charge is 0.220 e. The molecule has 3 saturated heterocycles. The predicted molar refractivity (Wildman–Crippen MR) is 397 cm³/mol. The molecular weight excluding hydrogens is 1270 g/mol. The summed E-state index contributed by atoms with van der Waals surface area (Å²) in [5.74, 6) is -0.331. The molecule has 0 aliphatic carbocycles. The molecule has 3 aliphatic rings. The Morgan fingerprint density at radius 1 is 0.370 bits per heavy atom. The van der Waals surface area contributed by atoms with Crippen LogP contribution in [0.1, 0.15) is 251 Å². The maximum Gasteiger partial charge on any atom is 0.220 e. The number of allylic oxidation sites excluding steroid dienone is 19. The lowest BCUT2D eigenvalue weighted by molar-refractivity contribution is -0.379. The Morgan fingerprint density at radius 2 is 0.700 bits per heavy atom. The van der Waals surface area contributed by atoms with E-state index in [4.69, 9.17) is 28.4 Å². The number of unbranched alkanes of at least 4 members (excludes halogenated alkanes) is 25. The van der Waals surface area contributed by atoms with Crippen molar-refractivity contribution in [2.45, 2.75) is 356 Å². The zero-order chi connectivity index (χ0) is 72.5. The first-order chi connectivity index (χ1) is 48.8. The Hall–Kier alpha value is -3.81. The molecule has 1 amide bonds. The number of hydrogen-bond donors (Lipinski definition) is 12. The largest absolute Gasteiger partial charge is 0.394 e. The Bertz CT molecular complexity index is 2280. The molecule has 100 heavy (non-hydrogen) atoms. The molecule has 19 nitrogen and oxygen atoms in total. The Morgan fingerprint density at radius 3 is 1.12 bits per heavy atom. The van der Waals surface area contributed by atoms with Crippen molar-refractivity contribution >= 4 is 5.91 Å². The van der Waals surface area contributed by atoms with Gasteiger partial charge in [-0.15, -0.1) is 0 Å². The highest BCUT2D eigenvalue weighted by molar-refractivity contribution is 5.76. The molecule has 3 rings (SSSR count). The predicted octanol–water partition coefficient (Wildman–Crippen LogP) is 12.3. The number of amides is 1. The van der Waals surface area contributed by atoms with E-state index in [1.807, 2.05) is 6.08 Å². The van der Waals surface area contributed by atoms with Crippen LogP contribution in [-0.2, 0) is 33.2 Å². The minimum absolute atomic E-state index is 0.172. The molecule has 19 heteroatoms. The summed E-state index contributed by atoms with van der Waals surface area (Å²) in [5.41, 5.74) is 0. The quantitative estimate of drug-likeness (QED) is 0.0199. The molecule has 0 aromatic carbocycles. The summed E-state index contributed by atoms with van der Waals surface area (Å²) in [6.45, 7) is 1.58. The van der Waals surface area contributed by atoms with Gasteiger partial charge in [-0.3, -0.25) is 4.79 Å². The van der Waals surface area contributed by atoms with Gasteiger partial charge in [0.15, 0.2) is 18.9 Å². The summed E-state index contributed by atoms with van der Waals surface area (Å²) < 4.78 is 34.4. The lowest BCUT2D eigenvalue weighted by atomic mass is 9.96. The van der Waals surface area contributed by atoms with Gasteiger partial charge in [-0.1, -0.05) is 270 Å². The van der Waals surface area contributed by atoms with Gasteiger partial charge in [-0.2, -0.15) is 0 Å².